The Morgan fingerprint density at radius 3 is 1.65 bits per heavy atom. The molecule has 0 N–H and O–H groups in total. The van der Waals surface area contributed by atoms with E-state index in [2.05, 4.69) is 229 Å². The van der Waals surface area contributed by atoms with Gasteiger partial charge in [0.05, 0.1) is 11.4 Å². The van der Waals surface area contributed by atoms with Crippen molar-refractivity contribution in [2.75, 3.05) is 9.71 Å². The summed E-state index contributed by atoms with van der Waals surface area (Å²) in [5, 5.41) is 3.55. The minimum absolute atomic E-state index is 0.000892. The van der Waals surface area contributed by atoms with Crippen molar-refractivity contribution in [3.63, 3.8) is 0 Å². The molecule has 402 valence electrons. The second-order valence-electron chi connectivity index (χ2n) is 29.3. The molecule has 5 heteroatoms. The normalized spacial score (nSPS) is 19.9. The lowest BCUT2D eigenvalue weighted by molar-refractivity contribution is 0.332. The van der Waals surface area contributed by atoms with Gasteiger partial charge < -0.3 is 18.5 Å². The van der Waals surface area contributed by atoms with E-state index < -0.39 is 0 Å². The van der Waals surface area contributed by atoms with Gasteiger partial charge in [-0.3, -0.25) is 0 Å². The number of hydrogen-bond acceptors (Lipinski definition) is 4. The van der Waals surface area contributed by atoms with Gasteiger partial charge in [-0.05, 0) is 218 Å². The molecular formula is C74H81BN2O2. The summed E-state index contributed by atoms with van der Waals surface area (Å²) in [6, 6.07) is 45.8. The standard InChI is InChI=1S/C74H81BN2O2/c1-16-20-44(3)46-23-26-60(48(35-46)45-21-18-17-19-22-45)76-62-34-43(2)33-52-49-40-63-51(50-37-56-58(41-64(50)78-63)73(12,13)31-29-71(56,8)9)39-61(49)77(47-24-25-54-55(36-47)70(6,7)28-27-69(54,4)5)75(66(52)62)68-67(76)53-38-57-59(42-65(53)79-68)74(14,15)32-30-72(57,10)11/h17-19,21-26,33-42,44H,16,20,27-32H2,1-15H3/t44-/m0/s1. The topological polar surface area (TPSA) is 32.8 Å². The Kier molecular flexibility index (Phi) is 10.8. The molecule has 14 rings (SSSR count). The number of anilines is 5. The number of nitrogens with zero attached hydrogens (tertiary/aromatic N) is 2. The highest BCUT2D eigenvalue weighted by molar-refractivity contribution is 6.93. The molecule has 0 bridgehead atoms. The lowest BCUT2D eigenvalue weighted by Crippen LogP contribution is -2.61. The summed E-state index contributed by atoms with van der Waals surface area (Å²) in [6.45, 7) is 36.1. The molecule has 9 aromatic rings. The molecule has 0 unspecified atom stereocenters. The largest absolute Gasteiger partial charge is 0.466 e. The first-order valence-corrected chi connectivity index (χ1v) is 30.1. The third-order valence-corrected chi connectivity index (χ3v) is 21.1. The highest BCUT2D eigenvalue weighted by atomic mass is 16.3. The zero-order valence-electron chi connectivity index (χ0n) is 50.0. The van der Waals surface area contributed by atoms with Gasteiger partial charge in [0.15, 0.2) is 0 Å². The van der Waals surface area contributed by atoms with Crippen LogP contribution >= 0.6 is 0 Å². The fraction of sp³-hybridized carbons (Fsp3) is 0.405. The second kappa shape index (κ2) is 16.8. The van der Waals surface area contributed by atoms with Crippen molar-refractivity contribution in [1.29, 1.82) is 0 Å². The molecule has 2 aromatic heterocycles. The van der Waals surface area contributed by atoms with E-state index in [-0.39, 0.29) is 39.3 Å². The number of furan rings is 2. The van der Waals surface area contributed by atoms with Crippen molar-refractivity contribution >= 4 is 79.3 Å². The van der Waals surface area contributed by atoms with Gasteiger partial charge in [-0.2, -0.15) is 0 Å². The van der Waals surface area contributed by atoms with E-state index in [4.69, 9.17) is 8.83 Å². The third-order valence-electron chi connectivity index (χ3n) is 21.1. The summed E-state index contributed by atoms with van der Waals surface area (Å²) in [6.07, 6.45) is 9.18. The maximum Gasteiger partial charge on any atom is 0.375 e. The van der Waals surface area contributed by atoms with Gasteiger partial charge in [0.1, 0.15) is 22.4 Å². The van der Waals surface area contributed by atoms with Crippen molar-refractivity contribution in [2.24, 2.45) is 0 Å². The average molecular weight is 1040 g/mol. The Bertz CT molecular complexity index is 4040. The van der Waals surface area contributed by atoms with Crippen LogP contribution in [0.1, 0.15) is 199 Å². The summed E-state index contributed by atoms with van der Waals surface area (Å²) in [4.78, 5) is 5.35. The van der Waals surface area contributed by atoms with Crippen molar-refractivity contribution in [1.82, 2.24) is 0 Å². The van der Waals surface area contributed by atoms with Crippen molar-refractivity contribution in [3.05, 3.63) is 160 Å². The quantitative estimate of drug-likeness (QED) is 0.155. The molecule has 0 fully saturated rings. The average Bonchev–Trinajstić information content (AvgIpc) is 3.44. The minimum atomic E-state index is -0.292. The Morgan fingerprint density at radius 1 is 0.481 bits per heavy atom. The van der Waals surface area contributed by atoms with E-state index in [0.29, 0.717) is 5.92 Å². The van der Waals surface area contributed by atoms with Gasteiger partial charge >= 0.3 is 6.85 Å². The van der Waals surface area contributed by atoms with Gasteiger partial charge in [-0.15, -0.1) is 0 Å². The molecular weight excluding hydrogens is 960 g/mol. The van der Waals surface area contributed by atoms with Crippen molar-refractivity contribution < 1.29 is 8.83 Å². The number of aryl methyl sites for hydroxylation is 1. The molecule has 79 heavy (non-hydrogen) atoms. The lowest BCUT2D eigenvalue weighted by atomic mass is 9.45. The number of fused-ring (bicyclic) bond motifs is 12. The second-order valence-corrected chi connectivity index (χ2v) is 29.3. The SMILES string of the molecule is CCC[C@H](C)c1ccc(N2c3cc(C)cc4c3B(c3oc5cc6c(cc5c32)C(C)(C)CCC6(C)C)N(c2ccc3c(c2)C(C)(C)CCC3(C)C)c2cc3c(cc2-4)oc2cc4c(cc23)C(C)(C)CCC4(C)C)c(-c2ccccc2)c1. The Balaban J connectivity index is 1.12. The maximum atomic E-state index is 7.89. The zero-order chi connectivity index (χ0) is 55.2. The van der Waals surface area contributed by atoms with Crippen LogP contribution in [-0.4, -0.2) is 6.85 Å². The zero-order valence-corrected chi connectivity index (χ0v) is 50.0. The van der Waals surface area contributed by atoms with Crippen molar-refractivity contribution in [2.45, 2.75) is 194 Å². The lowest BCUT2D eigenvalue weighted by Gasteiger charge is -2.46. The minimum Gasteiger partial charge on any atom is -0.466 e. The van der Waals surface area contributed by atoms with Gasteiger partial charge in [0, 0.05) is 44.3 Å². The van der Waals surface area contributed by atoms with Gasteiger partial charge in [0.2, 0.25) is 0 Å². The fourth-order valence-electron chi connectivity index (χ4n) is 15.7. The summed E-state index contributed by atoms with van der Waals surface area (Å²) in [5.41, 5.74) is 27.4. The number of benzene rings is 7. The van der Waals surface area contributed by atoms with E-state index in [9.17, 15) is 0 Å². The molecule has 5 aliphatic rings. The molecule has 1 atom stereocenters. The van der Waals surface area contributed by atoms with E-state index in [1.165, 1.54) is 118 Å². The van der Waals surface area contributed by atoms with Gasteiger partial charge in [0.25, 0.3) is 0 Å². The first kappa shape index (κ1) is 50.7. The predicted octanol–water partition coefficient (Wildman–Crippen LogP) is 20.0. The highest BCUT2D eigenvalue weighted by Crippen LogP contribution is 2.57. The fourth-order valence-corrected chi connectivity index (χ4v) is 15.7. The monoisotopic (exact) mass is 1040 g/mol. The van der Waals surface area contributed by atoms with Crippen LogP contribution in [0.15, 0.2) is 124 Å². The predicted molar refractivity (Wildman–Crippen MR) is 337 cm³/mol. The maximum absolute atomic E-state index is 7.89. The smallest absolute Gasteiger partial charge is 0.375 e. The van der Waals surface area contributed by atoms with E-state index in [0.717, 1.165) is 73.0 Å². The summed E-state index contributed by atoms with van der Waals surface area (Å²) < 4.78 is 15.1. The third kappa shape index (κ3) is 7.45. The van der Waals surface area contributed by atoms with E-state index in [1.54, 1.807) is 0 Å². The van der Waals surface area contributed by atoms with Crippen LogP contribution in [0.4, 0.5) is 28.4 Å². The van der Waals surface area contributed by atoms with Crippen LogP contribution in [0, 0.1) is 6.92 Å². The van der Waals surface area contributed by atoms with Crippen LogP contribution in [-0.2, 0) is 32.5 Å². The van der Waals surface area contributed by atoms with Gasteiger partial charge in [-0.25, -0.2) is 0 Å². The van der Waals surface area contributed by atoms with Crippen LogP contribution in [0.25, 0.3) is 55.2 Å². The Labute approximate surface area is 471 Å². The molecule has 4 nitrogen and oxygen atoms in total. The Morgan fingerprint density at radius 2 is 1.03 bits per heavy atom. The van der Waals surface area contributed by atoms with E-state index in [1.807, 2.05) is 0 Å². The van der Waals surface area contributed by atoms with E-state index >= 15 is 0 Å². The summed E-state index contributed by atoms with van der Waals surface area (Å²) in [7, 11) is 0. The molecule has 0 radical (unpaired) electrons. The molecule has 0 spiro atoms. The van der Waals surface area contributed by atoms with Crippen LogP contribution in [0.2, 0.25) is 0 Å². The molecule has 0 amide bonds. The summed E-state index contributed by atoms with van der Waals surface area (Å²) >= 11 is 0. The first-order valence-electron chi connectivity index (χ1n) is 30.1. The molecule has 7 aromatic carbocycles. The van der Waals surface area contributed by atoms with Gasteiger partial charge in [-0.1, -0.05) is 152 Å². The molecule has 0 saturated carbocycles. The van der Waals surface area contributed by atoms with Crippen molar-refractivity contribution in [3.8, 4) is 22.3 Å². The number of hydrogen-bond donors (Lipinski definition) is 0. The Hall–Kier alpha value is -6.46. The first-order chi connectivity index (χ1) is 37.4. The molecule has 3 aliphatic carbocycles. The molecule has 0 saturated heterocycles. The van der Waals surface area contributed by atoms with Crippen LogP contribution in [0.5, 0.6) is 0 Å². The van der Waals surface area contributed by atoms with Crippen LogP contribution < -0.4 is 20.8 Å². The highest BCUT2D eigenvalue weighted by Gasteiger charge is 2.51. The summed E-state index contributed by atoms with van der Waals surface area (Å²) in [5.74, 6) is 0.428. The molecule has 2 aliphatic heterocycles. The van der Waals surface area contributed by atoms with Crippen LogP contribution in [0.3, 0.4) is 0 Å². The molecule has 4 heterocycles. The number of rotatable bonds is 6.